The molecule has 3 nitrogen and oxygen atoms in total. The van der Waals surface area contributed by atoms with Gasteiger partial charge in [0.25, 0.3) is 0 Å². The van der Waals surface area contributed by atoms with Gasteiger partial charge in [0.05, 0.1) is 12.6 Å². The average Bonchev–Trinajstić information content (AvgIpc) is 2.60. The van der Waals surface area contributed by atoms with Gasteiger partial charge in [-0.1, -0.05) is 17.7 Å². The van der Waals surface area contributed by atoms with Crippen molar-refractivity contribution in [2.24, 2.45) is 4.99 Å². The Bertz CT molecular complexity index is 928. The third-order valence-corrected chi connectivity index (χ3v) is 5.40. The fraction of sp³-hybridized carbons (Fsp3) is 0.348. The number of halogens is 1. The van der Waals surface area contributed by atoms with Gasteiger partial charge in [0, 0.05) is 29.0 Å². The van der Waals surface area contributed by atoms with E-state index in [-0.39, 0.29) is 5.54 Å². The zero-order chi connectivity index (χ0) is 19.8. The topological polar surface area (TPSA) is 24.8 Å². The van der Waals surface area contributed by atoms with E-state index < -0.39 is 0 Å². The molecule has 3 rings (SSSR count). The van der Waals surface area contributed by atoms with Crippen LogP contribution >= 0.6 is 11.6 Å². The lowest BCUT2D eigenvalue weighted by Gasteiger charge is -2.43. The van der Waals surface area contributed by atoms with Crippen molar-refractivity contribution in [3.8, 4) is 5.75 Å². The molecule has 0 N–H and O–H groups in total. The summed E-state index contributed by atoms with van der Waals surface area (Å²) in [5.74, 6) is 0.709. The number of ether oxygens (including phenoxy) is 1. The summed E-state index contributed by atoms with van der Waals surface area (Å²) in [6.45, 7) is 12.0. The third-order valence-electron chi connectivity index (χ3n) is 5.17. The molecule has 2 aromatic carbocycles. The van der Waals surface area contributed by atoms with Gasteiger partial charge in [0.1, 0.15) is 11.4 Å². The lowest BCUT2D eigenvalue weighted by atomic mass is 9.87. The molecular formula is C23H27ClN2O. The number of allylic oxidation sites excluding steroid dienone is 1. The van der Waals surface area contributed by atoms with E-state index in [2.05, 4.69) is 62.7 Å². The third kappa shape index (κ3) is 3.74. The number of aliphatic imine (C=N–C) groups is 1. The molecule has 2 aromatic rings. The van der Waals surface area contributed by atoms with Crippen LogP contribution in [0.15, 0.2) is 41.4 Å². The zero-order valence-corrected chi connectivity index (χ0v) is 17.7. The minimum atomic E-state index is 0.0159. The number of anilines is 1. The van der Waals surface area contributed by atoms with E-state index in [1.165, 1.54) is 22.4 Å². The number of rotatable bonds is 4. The minimum absolute atomic E-state index is 0.0159. The van der Waals surface area contributed by atoms with Gasteiger partial charge >= 0.3 is 0 Å². The summed E-state index contributed by atoms with van der Waals surface area (Å²) in [6.07, 6.45) is 4.24. The van der Waals surface area contributed by atoms with Gasteiger partial charge in [-0.15, -0.1) is 0 Å². The van der Waals surface area contributed by atoms with Crippen molar-refractivity contribution < 1.29 is 4.74 Å². The van der Waals surface area contributed by atoms with Crippen molar-refractivity contribution in [1.29, 1.82) is 0 Å². The molecule has 0 aromatic heterocycles. The molecule has 0 atom stereocenters. The summed E-state index contributed by atoms with van der Waals surface area (Å²) in [7, 11) is 1.64. The quantitative estimate of drug-likeness (QED) is 0.569. The van der Waals surface area contributed by atoms with Crippen molar-refractivity contribution in [3.05, 3.63) is 58.1 Å². The Hall–Kier alpha value is -2.26. The molecule has 1 heterocycles. The van der Waals surface area contributed by atoms with E-state index in [0.29, 0.717) is 10.8 Å². The van der Waals surface area contributed by atoms with Crippen LogP contribution in [-0.4, -0.2) is 25.4 Å². The summed E-state index contributed by atoms with van der Waals surface area (Å²) < 4.78 is 5.39. The van der Waals surface area contributed by atoms with Crippen LogP contribution in [0.4, 0.5) is 11.4 Å². The zero-order valence-electron chi connectivity index (χ0n) is 16.9. The fourth-order valence-electron chi connectivity index (χ4n) is 3.86. The van der Waals surface area contributed by atoms with E-state index in [1.807, 2.05) is 18.3 Å². The second-order valence-electron chi connectivity index (χ2n) is 7.53. The number of hydrogen-bond donors (Lipinski definition) is 0. The molecule has 0 saturated heterocycles. The molecule has 0 spiro atoms. The molecular weight excluding hydrogens is 356 g/mol. The highest BCUT2D eigenvalue weighted by Gasteiger charge is 2.30. The van der Waals surface area contributed by atoms with Crippen LogP contribution in [-0.2, 0) is 0 Å². The van der Waals surface area contributed by atoms with Crippen LogP contribution in [0.2, 0.25) is 5.02 Å². The van der Waals surface area contributed by atoms with Crippen LogP contribution in [0.25, 0.3) is 5.57 Å². The van der Waals surface area contributed by atoms with Crippen molar-refractivity contribution in [2.75, 3.05) is 18.6 Å². The first-order valence-corrected chi connectivity index (χ1v) is 9.64. The first-order valence-electron chi connectivity index (χ1n) is 9.26. The van der Waals surface area contributed by atoms with E-state index in [0.717, 1.165) is 17.8 Å². The molecule has 1 aliphatic heterocycles. The Morgan fingerprint density at radius 2 is 1.93 bits per heavy atom. The van der Waals surface area contributed by atoms with Crippen LogP contribution in [0, 0.1) is 6.92 Å². The predicted octanol–water partition coefficient (Wildman–Crippen LogP) is 6.43. The summed E-state index contributed by atoms with van der Waals surface area (Å²) in [6, 6.07) is 9.96. The minimum Gasteiger partial charge on any atom is -0.494 e. The maximum Gasteiger partial charge on any atom is 0.144 e. The number of aryl methyl sites for hydroxylation is 1. The van der Waals surface area contributed by atoms with Gasteiger partial charge in [-0.3, -0.25) is 4.99 Å². The molecule has 0 saturated carbocycles. The number of fused-ring (bicyclic) bond motifs is 1. The van der Waals surface area contributed by atoms with Gasteiger partial charge in [-0.2, -0.15) is 0 Å². The summed E-state index contributed by atoms with van der Waals surface area (Å²) >= 11 is 6.12. The molecule has 4 heteroatoms. The van der Waals surface area contributed by atoms with E-state index >= 15 is 0 Å². The molecule has 27 heavy (non-hydrogen) atoms. The van der Waals surface area contributed by atoms with Crippen LogP contribution in [0.1, 0.15) is 44.4 Å². The molecule has 0 bridgehead atoms. The lowest BCUT2D eigenvalue weighted by Crippen LogP contribution is -2.45. The number of nitrogens with zero attached hydrogens (tertiary/aromatic N) is 2. The van der Waals surface area contributed by atoms with Gasteiger partial charge in [-0.25, -0.2) is 0 Å². The molecule has 0 radical (unpaired) electrons. The van der Waals surface area contributed by atoms with E-state index in [4.69, 9.17) is 16.3 Å². The van der Waals surface area contributed by atoms with Crippen molar-refractivity contribution in [3.63, 3.8) is 0 Å². The second-order valence-corrected chi connectivity index (χ2v) is 7.96. The molecule has 0 unspecified atom stereocenters. The Morgan fingerprint density at radius 1 is 1.19 bits per heavy atom. The summed E-state index contributed by atoms with van der Waals surface area (Å²) in [5, 5.41) is 0.643. The largest absolute Gasteiger partial charge is 0.494 e. The smallest absolute Gasteiger partial charge is 0.144 e. The maximum atomic E-state index is 6.12. The highest BCUT2D eigenvalue weighted by molar-refractivity contribution is 6.30. The number of hydrogen-bond acceptors (Lipinski definition) is 3. The maximum absolute atomic E-state index is 6.12. The first-order chi connectivity index (χ1) is 12.8. The fourth-order valence-corrected chi connectivity index (χ4v) is 4.03. The second kappa shape index (κ2) is 7.40. The number of methoxy groups -OCH3 is 1. The molecule has 0 fully saturated rings. The van der Waals surface area contributed by atoms with E-state index in [1.54, 1.807) is 13.2 Å². The highest BCUT2D eigenvalue weighted by atomic mass is 35.5. The standard InChI is InChI=1S/C23H27ClN2O/c1-7-26-21-10-15(2)17(11-19(21)16(3)13-23(26,4)5)14-25-20-12-18(24)8-9-22(20)27-6/h8-14H,7H2,1-6H3. The normalized spacial score (nSPS) is 15.7. The molecule has 0 aliphatic carbocycles. The van der Waals surface area contributed by atoms with Gasteiger partial charge in [0.2, 0.25) is 0 Å². The number of likely N-dealkylation sites (N-methyl/N-ethyl adjacent to an activating group) is 1. The lowest BCUT2D eigenvalue weighted by molar-refractivity contribution is 0.416. The Labute approximate surface area is 167 Å². The van der Waals surface area contributed by atoms with E-state index in [9.17, 15) is 0 Å². The average molecular weight is 383 g/mol. The first kappa shape index (κ1) is 19.5. The molecule has 142 valence electrons. The predicted molar refractivity (Wildman–Crippen MR) is 117 cm³/mol. The summed E-state index contributed by atoms with van der Waals surface area (Å²) in [4.78, 5) is 7.09. The SMILES string of the molecule is CCN1c2cc(C)c(C=Nc3cc(Cl)ccc3OC)cc2C(C)=CC1(C)C. The number of benzene rings is 2. The monoisotopic (exact) mass is 382 g/mol. The summed E-state index contributed by atoms with van der Waals surface area (Å²) in [5.41, 5.74) is 6.89. The molecule has 1 aliphatic rings. The van der Waals surface area contributed by atoms with Gasteiger partial charge in [-0.05, 0) is 81.7 Å². The van der Waals surface area contributed by atoms with Crippen molar-refractivity contribution >= 4 is 34.8 Å². The van der Waals surface area contributed by atoms with Gasteiger partial charge in [0.15, 0.2) is 0 Å². The van der Waals surface area contributed by atoms with Crippen LogP contribution < -0.4 is 9.64 Å². The van der Waals surface area contributed by atoms with Crippen molar-refractivity contribution in [2.45, 2.75) is 40.2 Å². The van der Waals surface area contributed by atoms with Crippen molar-refractivity contribution in [1.82, 2.24) is 0 Å². The van der Waals surface area contributed by atoms with Crippen LogP contribution in [0.3, 0.4) is 0 Å². The highest BCUT2D eigenvalue weighted by Crippen LogP contribution is 2.40. The Balaban J connectivity index is 2.05. The Morgan fingerprint density at radius 3 is 2.59 bits per heavy atom. The molecule has 0 amide bonds. The Kier molecular flexibility index (Phi) is 5.34. The van der Waals surface area contributed by atoms with Gasteiger partial charge < -0.3 is 9.64 Å². The van der Waals surface area contributed by atoms with Crippen LogP contribution in [0.5, 0.6) is 5.75 Å².